The molecular weight excluding hydrogens is 270 g/mol. The van der Waals surface area contributed by atoms with Crippen LogP contribution in [0.1, 0.15) is 25.8 Å². The molecule has 0 saturated carbocycles. The molecule has 1 N–H and O–H groups in total. The normalized spacial score (nSPS) is 11.8. The van der Waals surface area contributed by atoms with Gasteiger partial charge in [-0.05, 0) is 27.2 Å². The molecule has 1 heterocycles. The summed E-state index contributed by atoms with van der Waals surface area (Å²) in [6.07, 6.45) is 0.727. The molecular formula is C15H21N3OS. The van der Waals surface area contributed by atoms with E-state index >= 15 is 0 Å². The largest absolute Gasteiger partial charge is 0.390 e. The number of thioether (sulfide) groups is 1. The molecule has 5 heteroatoms. The highest BCUT2D eigenvalue weighted by molar-refractivity contribution is 7.99. The van der Waals surface area contributed by atoms with Crippen molar-refractivity contribution in [1.29, 1.82) is 0 Å². The van der Waals surface area contributed by atoms with Gasteiger partial charge in [0.15, 0.2) is 11.0 Å². The average molecular weight is 291 g/mol. The van der Waals surface area contributed by atoms with Crippen molar-refractivity contribution in [3.63, 3.8) is 0 Å². The van der Waals surface area contributed by atoms with E-state index in [1.54, 1.807) is 11.8 Å². The first-order chi connectivity index (χ1) is 9.37. The van der Waals surface area contributed by atoms with E-state index in [-0.39, 0.29) is 0 Å². The molecule has 2 rings (SSSR count). The zero-order valence-electron chi connectivity index (χ0n) is 12.4. The van der Waals surface area contributed by atoms with E-state index in [1.165, 1.54) is 5.56 Å². The molecule has 0 aliphatic heterocycles. The van der Waals surface area contributed by atoms with Gasteiger partial charge in [0.2, 0.25) is 0 Å². The number of aromatic nitrogens is 3. The van der Waals surface area contributed by atoms with Gasteiger partial charge in [-0.3, -0.25) is 0 Å². The fourth-order valence-electron chi connectivity index (χ4n) is 1.79. The predicted molar refractivity (Wildman–Crippen MR) is 82.8 cm³/mol. The Labute approximate surface area is 124 Å². The maximum Gasteiger partial charge on any atom is 0.191 e. The van der Waals surface area contributed by atoms with Crippen molar-refractivity contribution in [2.45, 2.75) is 37.9 Å². The Bertz CT molecular complexity index is 570. The van der Waals surface area contributed by atoms with Crippen LogP contribution in [0.5, 0.6) is 0 Å². The first-order valence-corrected chi connectivity index (χ1v) is 7.67. The van der Waals surface area contributed by atoms with Crippen LogP contribution in [0.25, 0.3) is 11.4 Å². The van der Waals surface area contributed by atoms with Crippen molar-refractivity contribution < 1.29 is 5.11 Å². The zero-order valence-corrected chi connectivity index (χ0v) is 13.2. The van der Waals surface area contributed by atoms with E-state index < -0.39 is 5.60 Å². The van der Waals surface area contributed by atoms with Gasteiger partial charge in [0.25, 0.3) is 0 Å². The molecule has 0 amide bonds. The van der Waals surface area contributed by atoms with Gasteiger partial charge in [0.1, 0.15) is 0 Å². The maximum absolute atomic E-state index is 9.72. The summed E-state index contributed by atoms with van der Waals surface area (Å²) in [5, 5.41) is 19.1. The van der Waals surface area contributed by atoms with Gasteiger partial charge in [0, 0.05) is 18.4 Å². The number of aliphatic hydroxyl groups is 1. The Morgan fingerprint density at radius 2 is 1.85 bits per heavy atom. The fourth-order valence-corrected chi connectivity index (χ4v) is 2.95. The highest BCUT2D eigenvalue weighted by Crippen LogP contribution is 2.24. The molecule has 0 spiro atoms. The summed E-state index contributed by atoms with van der Waals surface area (Å²) in [5.41, 5.74) is 1.67. The molecule has 0 aliphatic carbocycles. The number of aryl methyl sites for hydroxylation is 1. The molecule has 2 aromatic rings. The average Bonchev–Trinajstić information content (AvgIpc) is 2.71. The molecule has 0 bridgehead atoms. The van der Waals surface area contributed by atoms with Crippen molar-refractivity contribution in [2.24, 2.45) is 7.05 Å². The SMILES string of the molecule is Cc1ccc(-c2nnc(SCCC(C)(C)O)n2C)cc1. The van der Waals surface area contributed by atoms with Crippen LogP contribution in [0, 0.1) is 6.92 Å². The van der Waals surface area contributed by atoms with E-state index in [1.807, 2.05) is 25.5 Å². The van der Waals surface area contributed by atoms with Gasteiger partial charge in [-0.2, -0.15) is 0 Å². The molecule has 0 radical (unpaired) electrons. The third-order valence-electron chi connectivity index (χ3n) is 3.09. The van der Waals surface area contributed by atoms with Gasteiger partial charge in [0.05, 0.1) is 5.60 Å². The van der Waals surface area contributed by atoms with Gasteiger partial charge < -0.3 is 9.67 Å². The van der Waals surface area contributed by atoms with Crippen LogP contribution in [-0.4, -0.2) is 31.2 Å². The monoisotopic (exact) mass is 291 g/mol. The quantitative estimate of drug-likeness (QED) is 0.860. The van der Waals surface area contributed by atoms with Crippen molar-refractivity contribution in [1.82, 2.24) is 14.8 Å². The summed E-state index contributed by atoms with van der Waals surface area (Å²) in [6, 6.07) is 8.27. The topological polar surface area (TPSA) is 50.9 Å². The maximum atomic E-state index is 9.72. The summed E-state index contributed by atoms with van der Waals surface area (Å²) < 4.78 is 2.00. The summed E-state index contributed by atoms with van der Waals surface area (Å²) in [6.45, 7) is 5.71. The Kier molecular flexibility index (Phi) is 4.50. The lowest BCUT2D eigenvalue weighted by Crippen LogP contribution is -2.19. The van der Waals surface area contributed by atoms with Crippen molar-refractivity contribution in [3.8, 4) is 11.4 Å². The molecule has 1 aromatic heterocycles. The zero-order chi connectivity index (χ0) is 14.8. The Balaban J connectivity index is 2.09. The second kappa shape index (κ2) is 5.97. The Hall–Kier alpha value is -1.33. The summed E-state index contributed by atoms with van der Waals surface area (Å²) >= 11 is 1.62. The van der Waals surface area contributed by atoms with Gasteiger partial charge in [-0.15, -0.1) is 10.2 Å². The lowest BCUT2D eigenvalue weighted by molar-refractivity contribution is 0.0777. The van der Waals surface area contributed by atoms with Crippen LogP contribution >= 0.6 is 11.8 Å². The van der Waals surface area contributed by atoms with Crippen LogP contribution in [0.3, 0.4) is 0 Å². The number of benzene rings is 1. The molecule has 0 saturated heterocycles. The molecule has 0 atom stereocenters. The van der Waals surface area contributed by atoms with Crippen LogP contribution in [0.2, 0.25) is 0 Å². The fraction of sp³-hybridized carbons (Fsp3) is 0.467. The highest BCUT2D eigenvalue weighted by atomic mass is 32.2. The molecule has 0 fully saturated rings. The number of hydrogen-bond acceptors (Lipinski definition) is 4. The van der Waals surface area contributed by atoms with E-state index in [9.17, 15) is 5.11 Å². The third-order valence-corrected chi connectivity index (χ3v) is 4.11. The number of hydrogen-bond donors (Lipinski definition) is 1. The third kappa shape index (κ3) is 3.84. The smallest absolute Gasteiger partial charge is 0.191 e. The van der Waals surface area contributed by atoms with Crippen LogP contribution in [0.4, 0.5) is 0 Å². The summed E-state index contributed by atoms with van der Waals surface area (Å²) in [4.78, 5) is 0. The minimum atomic E-state index is -0.634. The standard InChI is InChI=1S/C15H21N3OS/c1-11-5-7-12(8-6-11)13-16-17-14(18(13)4)20-10-9-15(2,3)19/h5-8,19H,9-10H2,1-4H3. The number of rotatable bonds is 5. The summed E-state index contributed by atoms with van der Waals surface area (Å²) in [7, 11) is 1.97. The first-order valence-electron chi connectivity index (χ1n) is 6.68. The van der Waals surface area contributed by atoms with Gasteiger partial charge in [-0.25, -0.2) is 0 Å². The minimum absolute atomic E-state index is 0.634. The van der Waals surface area contributed by atoms with E-state index in [4.69, 9.17) is 0 Å². The van der Waals surface area contributed by atoms with Gasteiger partial charge >= 0.3 is 0 Å². The van der Waals surface area contributed by atoms with Crippen molar-refractivity contribution in [2.75, 3.05) is 5.75 Å². The molecule has 20 heavy (non-hydrogen) atoms. The van der Waals surface area contributed by atoms with Crippen molar-refractivity contribution in [3.05, 3.63) is 29.8 Å². The molecule has 108 valence electrons. The summed E-state index contributed by atoms with van der Waals surface area (Å²) in [5.74, 6) is 1.69. The van der Waals surface area contributed by atoms with Crippen molar-refractivity contribution >= 4 is 11.8 Å². The molecule has 4 nitrogen and oxygen atoms in total. The Morgan fingerprint density at radius 3 is 2.45 bits per heavy atom. The first kappa shape index (κ1) is 15.1. The van der Waals surface area contributed by atoms with E-state index in [2.05, 4.69) is 41.4 Å². The Morgan fingerprint density at radius 1 is 1.20 bits per heavy atom. The van der Waals surface area contributed by atoms with Crippen LogP contribution in [0.15, 0.2) is 29.4 Å². The van der Waals surface area contributed by atoms with Crippen LogP contribution < -0.4 is 0 Å². The molecule has 0 unspecified atom stereocenters. The van der Waals surface area contributed by atoms with Crippen LogP contribution in [-0.2, 0) is 7.05 Å². The number of nitrogens with zero attached hydrogens (tertiary/aromatic N) is 3. The predicted octanol–water partition coefficient (Wildman–Crippen LogP) is 3.04. The van der Waals surface area contributed by atoms with Gasteiger partial charge in [-0.1, -0.05) is 41.6 Å². The lowest BCUT2D eigenvalue weighted by atomic mass is 10.1. The second-order valence-corrected chi connectivity index (χ2v) is 6.70. The highest BCUT2D eigenvalue weighted by Gasteiger charge is 2.15. The van der Waals surface area contributed by atoms with E-state index in [0.29, 0.717) is 0 Å². The molecule has 0 aliphatic rings. The second-order valence-electron chi connectivity index (χ2n) is 5.64. The minimum Gasteiger partial charge on any atom is -0.390 e. The molecule has 1 aromatic carbocycles. The lowest BCUT2D eigenvalue weighted by Gasteiger charge is -2.15. The van der Waals surface area contributed by atoms with E-state index in [0.717, 1.165) is 28.7 Å².